The molecule has 1 aliphatic rings. The molecule has 0 spiro atoms. The van der Waals surface area contributed by atoms with Crippen LogP contribution in [0, 0.1) is 5.92 Å². The smallest absolute Gasteiger partial charge is 0.286 e. The van der Waals surface area contributed by atoms with Crippen molar-refractivity contribution in [1.29, 1.82) is 0 Å². The van der Waals surface area contributed by atoms with Crippen molar-refractivity contribution in [1.82, 2.24) is 25.4 Å². The van der Waals surface area contributed by atoms with Crippen molar-refractivity contribution in [2.24, 2.45) is 13.0 Å². The highest BCUT2D eigenvalue weighted by Gasteiger charge is 2.27. The van der Waals surface area contributed by atoms with Crippen molar-refractivity contribution in [2.75, 3.05) is 18.0 Å². The van der Waals surface area contributed by atoms with E-state index >= 15 is 0 Å². The summed E-state index contributed by atoms with van der Waals surface area (Å²) < 4.78 is 1.69. The first-order valence-corrected chi connectivity index (χ1v) is 7.87. The van der Waals surface area contributed by atoms with E-state index in [1.165, 1.54) is 0 Å². The van der Waals surface area contributed by atoms with Crippen molar-refractivity contribution in [3.05, 3.63) is 42.6 Å². The Bertz CT molecular complexity index is 714. The molecule has 0 aromatic carbocycles. The van der Waals surface area contributed by atoms with Crippen molar-refractivity contribution in [3.8, 4) is 0 Å². The summed E-state index contributed by atoms with van der Waals surface area (Å²) in [5, 5.41) is 0. The molecule has 1 saturated heterocycles. The third kappa shape index (κ3) is 3.53. The molecule has 8 heteroatoms. The van der Waals surface area contributed by atoms with Crippen molar-refractivity contribution in [2.45, 2.75) is 12.8 Å². The second-order valence-electron chi connectivity index (χ2n) is 5.80. The molecule has 3 heterocycles. The van der Waals surface area contributed by atoms with Crippen molar-refractivity contribution >= 4 is 17.6 Å². The third-order valence-electron chi connectivity index (χ3n) is 4.14. The number of piperidine rings is 1. The first kappa shape index (κ1) is 16.0. The molecule has 0 unspecified atom stereocenters. The monoisotopic (exact) mass is 328 g/mol. The summed E-state index contributed by atoms with van der Waals surface area (Å²) in [6.45, 7) is 1.41. The minimum Gasteiger partial charge on any atom is -0.355 e. The molecule has 1 atom stereocenters. The Morgan fingerprint density at radius 1 is 1.29 bits per heavy atom. The maximum absolute atomic E-state index is 12.3. The fourth-order valence-electron chi connectivity index (χ4n) is 2.84. The number of aryl methyl sites for hydroxylation is 1. The van der Waals surface area contributed by atoms with Crippen molar-refractivity contribution < 1.29 is 9.59 Å². The fraction of sp³-hybridized carbons (Fsp3) is 0.375. The summed E-state index contributed by atoms with van der Waals surface area (Å²) in [6.07, 6.45) is 8.40. The van der Waals surface area contributed by atoms with Crippen LogP contribution in [0.3, 0.4) is 0 Å². The second kappa shape index (κ2) is 7.12. The summed E-state index contributed by atoms with van der Waals surface area (Å²) in [5.41, 5.74) is 5.48. The number of hydrazine groups is 1. The van der Waals surface area contributed by atoms with Crippen LogP contribution in [0.15, 0.2) is 36.9 Å². The maximum atomic E-state index is 12.3. The van der Waals surface area contributed by atoms with Gasteiger partial charge in [0, 0.05) is 38.7 Å². The normalized spacial score (nSPS) is 17.4. The van der Waals surface area contributed by atoms with Gasteiger partial charge in [-0.15, -0.1) is 0 Å². The van der Waals surface area contributed by atoms with Gasteiger partial charge in [0.1, 0.15) is 11.5 Å². The van der Waals surface area contributed by atoms with Gasteiger partial charge in [0.2, 0.25) is 5.91 Å². The molecule has 1 aliphatic heterocycles. The summed E-state index contributed by atoms with van der Waals surface area (Å²) in [5.74, 6) is 0.0425. The number of carbonyl (C=O) groups is 2. The number of hydrogen-bond donors (Lipinski definition) is 2. The summed E-state index contributed by atoms with van der Waals surface area (Å²) in [4.78, 5) is 34.7. The van der Waals surface area contributed by atoms with E-state index in [4.69, 9.17) is 0 Å². The van der Waals surface area contributed by atoms with Crippen LogP contribution in [0.4, 0.5) is 5.82 Å². The number of amides is 2. The molecule has 2 N–H and O–H groups in total. The van der Waals surface area contributed by atoms with Gasteiger partial charge in [-0.2, -0.15) is 0 Å². The number of rotatable bonds is 3. The molecule has 2 aromatic rings. The molecule has 0 radical (unpaired) electrons. The lowest BCUT2D eigenvalue weighted by molar-refractivity contribution is -0.126. The summed E-state index contributed by atoms with van der Waals surface area (Å²) in [7, 11) is 1.77. The Labute approximate surface area is 139 Å². The SMILES string of the molecule is Cn1cccc1C(=O)NNC(=O)[C@H]1CCCN(c2cnccn2)C1. The molecule has 1 fully saturated rings. The van der Waals surface area contributed by atoms with Crippen LogP contribution >= 0.6 is 0 Å². The largest absolute Gasteiger partial charge is 0.355 e. The van der Waals surface area contributed by atoms with Gasteiger partial charge >= 0.3 is 0 Å². The van der Waals surface area contributed by atoms with Crippen LogP contribution in [0.2, 0.25) is 0 Å². The van der Waals surface area contributed by atoms with E-state index in [1.54, 1.807) is 48.5 Å². The topological polar surface area (TPSA) is 92.2 Å². The lowest BCUT2D eigenvalue weighted by atomic mass is 9.97. The Hall–Kier alpha value is -2.90. The first-order chi connectivity index (χ1) is 11.6. The van der Waals surface area contributed by atoms with Gasteiger partial charge in [-0.3, -0.25) is 25.4 Å². The average Bonchev–Trinajstić information content (AvgIpc) is 3.06. The van der Waals surface area contributed by atoms with Crippen LogP contribution in [0.25, 0.3) is 0 Å². The second-order valence-corrected chi connectivity index (χ2v) is 5.80. The fourth-order valence-corrected chi connectivity index (χ4v) is 2.84. The van der Waals surface area contributed by atoms with Gasteiger partial charge in [-0.05, 0) is 25.0 Å². The van der Waals surface area contributed by atoms with Crippen LogP contribution in [-0.4, -0.2) is 39.4 Å². The van der Waals surface area contributed by atoms with Gasteiger partial charge < -0.3 is 9.47 Å². The lowest BCUT2D eigenvalue weighted by Gasteiger charge is -2.32. The van der Waals surface area contributed by atoms with Gasteiger partial charge in [0.05, 0.1) is 12.1 Å². The van der Waals surface area contributed by atoms with E-state index in [2.05, 4.69) is 20.8 Å². The number of aromatic nitrogens is 3. The van der Waals surface area contributed by atoms with Gasteiger partial charge in [-0.25, -0.2) is 4.98 Å². The lowest BCUT2D eigenvalue weighted by Crippen LogP contribution is -2.49. The van der Waals surface area contributed by atoms with Gasteiger partial charge in [0.25, 0.3) is 5.91 Å². The predicted octanol–water partition coefficient (Wildman–Crippen LogP) is 0.493. The van der Waals surface area contributed by atoms with E-state index in [9.17, 15) is 9.59 Å². The van der Waals surface area contributed by atoms with Gasteiger partial charge in [-0.1, -0.05) is 0 Å². The Balaban J connectivity index is 1.55. The Kier molecular flexibility index (Phi) is 4.74. The van der Waals surface area contributed by atoms with Crippen LogP contribution in [0.1, 0.15) is 23.3 Å². The van der Waals surface area contributed by atoms with E-state index in [0.717, 1.165) is 25.2 Å². The number of hydrogen-bond acceptors (Lipinski definition) is 5. The van der Waals surface area contributed by atoms with E-state index < -0.39 is 0 Å². The minimum absolute atomic E-state index is 0.189. The Morgan fingerprint density at radius 2 is 2.17 bits per heavy atom. The number of carbonyl (C=O) groups excluding carboxylic acids is 2. The molecule has 2 amide bonds. The molecule has 24 heavy (non-hydrogen) atoms. The molecule has 3 rings (SSSR count). The molecular weight excluding hydrogens is 308 g/mol. The zero-order valence-electron chi connectivity index (χ0n) is 13.5. The van der Waals surface area contributed by atoms with E-state index in [1.807, 2.05) is 4.90 Å². The molecule has 126 valence electrons. The van der Waals surface area contributed by atoms with Crippen LogP contribution < -0.4 is 15.8 Å². The zero-order valence-corrected chi connectivity index (χ0v) is 13.5. The maximum Gasteiger partial charge on any atom is 0.286 e. The molecule has 0 bridgehead atoms. The predicted molar refractivity (Wildman–Crippen MR) is 88.0 cm³/mol. The first-order valence-electron chi connectivity index (χ1n) is 7.87. The molecule has 0 aliphatic carbocycles. The van der Waals surface area contributed by atoms with Crippen LogP contribution in [-0.2, 0) is 11.8 Å². The standard InChI is InChI=1S/C16H20N6O2/c1-21-8-3-5-13(21)16(24)20-19-15(23)12-4-2-9-22(11-12)14-10-17-6-7-18-14/h3,5-8,10,12H,2,4,9,11H2,1H3,(H,19,23)(H,20,24)/t12-/m0/s1. The molecule has 8 nitrogen and oxygen atoms in total. The Morgan fingerprint density at radius 3 is 2.88 bits per heavy atom. The highest BCUT2D eigenvalue weighted by molar-refractivity contribution is 5.94. The number of nitrogens with one attached hydrogen (secondary N) is 2. The van der Waals surface area contributed by atoms with Gasteiger partial charge in [0.15, 0.2) is 0 Å². The summed E-state index contributed by atoms with van der Waals surface area (Å²) in [6, 6.07) is 3.47. The molecular formula is C16H20N6O2. The third-order valence-corrected chi connectivity index (χ3v) is 4.14. The molecule has 0 saturated carbocycles. The number of anilines is 1. The highest BCUT2D eigenvalue weighted by atomic mass is 16.2. The average molecular weight is 328 g/mol. The quantitative estimate of drug-likeness (QED) is 0.800. The zero-order chi connectivity index (χ0) is 16.9. The van der Waals surface area contributed by atoms with E-state index in [-0.39, 0.29) is 17.7 Å². The highest BCUT2D eigenvalue weighted by Crippen LogP contribution is 2.20. The van der Waals surface area contributed by atoms with E-state index in [0.29, 0.717) is 12.2 Å². The number of nitrogens with zero attached hydrogens (tertiary/aromatic N) is 4. The van der Waals surface area contributed by atoms with Crippen LogP contribution in [0.5, 0.6) is 0 Å². The van der Waals surface area contributed by atoms with Crippen molar-refractivity contribution in [3.63, 3.8) is 0 Å². The summed E-state index contributed by atoms with van der Waals surface area (Å²) >= 11 is 0. The molecule has 2 aromatic heterocycles. The minimum atomic E-state index is -0.336.